The van der Waals surface area contributed by atoms with Crippen molar-refractivity contribution in [1.82, 2.24) is 4.98 Å². The molecule has 88 valence electrons. The molecule has 2 rings (SSSR count). The quantitative estimate of drug-likeness (QED) is 0.830. The Balaban J connectivity index is 2.39. The van der Waals surface area contributed by atoms with E-state index in [9.17, 15) is 4.21 Å². The van der Waals surface area contributed by atoms with Gasteiger partial charge in [-0.2, -0.15) is 0 Å². The second kappa shape index (κ2) is 5.23. The minimum atomic E-state index is -1.03. The van der Waals surface area contributed by atoms with E-state index in [1.54, 1.807) is 6.20 Å². The van der Waals surface area contributed by atoms with Crippen molar-refractivity contribution < 1.29 is 4.21 Å². The molecule has 1 aromatic carbocycles. The van der Waals surface area contributed by atoms with E-state index in [2.05, 4.69) is 4.98 Å². The molecule has 0 saturated heterocycles. The largest absolute Gasteiger partial charge is 0.252 e. The van der Waals surface area contributed by atoms with Crippen LogP contribution in [0.5, 0.6) is 0 Å². The summed E-state index contributed by atoms with van der Waals surface area (Å²) in [6, 6.07) is 13.9. The van der Waals surface area contributed by atoms with E-state index in [1.165, 1.54) is 0 Å². The van der Waals surface area contributed by atoms with Crippen molar-refractivity contribution in [2.24, 2.45) is 0 Å². The van der Waals surface area contributed by atoms with E-state index < -0.39 is 10.8 Å². The van der Waals surface area contributed by atoms with Crippen molar-refractivity contribution >= 4 is 10.8 Å². The lowest BCUT2D eigenvalue weighted by atomic mass is 10.1. The van der Waals surface area contributed by atoms with Gasteiger partial charge in [0.15, 0.2) is 0 Å². The third kappa shape index (κ3) is 2.80. The fraction of sp³-hybridized carbons (Fsp3) is 0.214. The van der Waals surface area contributed by atoms with E-state index in [-0.39, 0.29) is 5.25 Å². The summed E-state index contributed by atoms with van der Waals surface area (Å²) in [5.74, 6) is 0. The lowest BCUT2D eigenvalue weighted by Crippen LogP contribution is -2.07. The molecule has 0 aliphatic rings. The summed E-state index contributed by atoms with van der Waals surface area (Å²) in [6.07, 6.45) is 1.72. The van der Waals surface area contributed by atoms with Gasteiger partial charge in [-0.05, 0) is 23.3 Å². The van der Waals surface area contributed by atoms with Crippen LogP contribution in [0, 0.1) is 0 Å². The lowest BCUT2D eigenvalue weighted by Gasteiger charge is -2.06. The first kappa shape index (κ1) is 12.0. The number of hydrogen-bond acceptors (Lipinski definition) is 2. The van der Waals surface area contributed by atoms with Gasteiger partial charge in [-0.15, -0.1) is 0 Å². The molecule has 0 bridgehead atoms. The number of nitrogens with zero attached hydrogens (tertiary/aromatic N) is 1. The van der Waals surface area contributed by atoms with E-state index in [0.29, 0.717) is 5.03 Å². The zero-order valence-electron chi connectivity index (χ0n) is 9.96. The van der Waals surface area contributed by atoms with Crippen LogP contribution in [0.25, 0.3) is 11.1 Å². The van der Waals surface area contributed by atoms with Crippen molar-refractivity contribution in [2.75, 3.05) is 0 Å². The Morgan fingerprint density at radius 2 is 1.76 bits per heavy atom. The Morgan fingerprint density at radius 1 is 1.06 bits per heavy atom. The van der Waals surface area contributed by atoms with E-state index in [0.717, 1.165) is 11.1 Å². The predicted octanol–water partition coefficient (Wildman–Crippen LogP) is 3.26. The standard InChI is InChI=1S/C14H15NOS/c1-11(2)17(16)14-10-13(8-9-15-14)12-6-4-3-5-7-12/h3-11H,1-2H3. The van der Waals surface area contributed by atoms with Crippen LogP contribution >= 0.6 is 0 Å². The number of aromatic nitrogens is 1. The smallest absolute Gasteiger partial charge is 0.128 e. The zero-order valence-corrected chi connectivity index (χ0v) is 10.8. The summed E-state index contributed by atoms with van der Waals surface area (Å²) in [7, 11) is -1.03. The second-order valence-electron chi connectivity index (χ2n) is 4.09. The average Bonchev–Trinajstić information content (AvgIpc) is 2.39. The first-order valence-electron chi connectivity index (χ1n) is 5.60. The first-order valence-corrected chi connectivity index (χ1v) is 6.82. The monoisotopic (exact) mass is 245 g/mol. The van der Waals surface area contributed by atoms with Crippen molar-refractivity contribution in [3.05, 3.63) is 48.7 Å². The molecule has 0 radical (unpaired) electrons. The normalized spacial score (nSPS) is 12.6. The summed E-state index contributed by atoms with van der Waals surface area (Å²) in [4.78, 5) is 4.19. The molecule has 0 amide bonds. The van der Waals surface area contributed by atoms with Gasteiger partial charge in [0.2, 0.25) is 0 Å². The van der Waals surface area contributed by atoms with Crippen LogP contribution in [-0.4, -0.2) is 14.4 Å². The molecule has 0 N–H and O–H groups in total. The number of hydrogen-bond donors (Lipinski definition) is 0. The maximum absolute atomic E-state index is 12.0. The molecule has 2 aromatic rings. The van der Waals surface area contributed by atoms with Crippen LogP contribution in [0.15, 0.2) is 53.7 Å². The van der Waals surface area contributed by atoms with E-state index in [4.69, 9.17) is 0 Å². The maximum atomic E-state index is 12.0. The van der Waals surface area contributed by atoms with Gasteiger partial charge in [0.05, 0.1) is 10.8 Å². The van der Waals surface area contributed by atoms with Gasteiger partial charge in [0, 0.05) is 11.4 Å². The van der Waals surface area contributed by atoms with E-state index in [1.807, 2.05) is 56.3 Å². The average molecular weight is 245 g/mol. The summed E-state index contributed by atoms with van der Waals surface area (Å²) in [5.41, 5.74) is 2.18. The van der Waals surface area contributed by atoms with Gasteiger partial charge in [-0.3, -0.25) is 4.21 Å². The molecule has 17 heavy (non-hydrogen) atoms. The highest BCUT2D eigenvalue weighted by molar-refractivity contribution is 7.85. The molecule has 3 heteroatoms. The zero-order chi connectivity index (χ0) is 12.3. The first-order chi connectivity index (χ1) is 8.18. The summed E-state index contributed by atoms with van der Waals surface area (Å²) < 4.78 is 12.0. The molecule has 1 heterocycles. The Morgan fingerprint density at radius 3 is 2.41 bits per heavy atom. The molecular formula is C14H15NOS. The Hall–Kier alpha value is -1.48. The van der Waals surface area contributed by atoms with Gasteiger partial charge in [0.1, 0.15) is 5.03 Å². The van der Waals surface area contributed by atoms with Gasteiger partial charge >= 0.3 is 0 Å². The molecule has 0 fully saturated rings. The maximum Gasteiger partial charge on any atom is 0.128 e. The van der Waals surface area contributed by atoms with Crippen LogP contribution in [0.3, 0.4) is 0 Å². The highest BCUT2D eigenvalue weighted by Gasteiger charge is 2.10. The summed E-state index contributed by atoms with van der Waals surface area (Å²) in [6.45, 7) is 3.87. The minimum absolute atomic E-state index is 0.0912. The Kier molecular flexibility index (Phi) is 3.69. The fourth-order valence-corrected chi connectivity index (χ4v) is 2.46. The topological polar surface area (TPSA) is 30.0 Å². The number of pyridine rings is 1. The molecule has 1 aromatic heterocycles. The van der Waals surface area contributed by atoms with Crippen molar-refractivity contribution in [2.45, 2.75) is 24.1 Å². The Bertz CT molecular complexity index is 523. The van der Waals surface area contributed by atoms with Crippen molar-refractivity contribution in [3.63, 3.8) is 0 Å². The fourth-order valence-electron chi connectivity index (χ4n) is 1.57. The molecule has 0 spiro atoms. The molecule has 1 atom stereocenters. The highest BCUT2D eigenvalue weighted by Crippen LogP contribution is 2.20. The SMILES string of the molecule is CC(C)S(=O)c1cc(-c2ccccc2)ccn1. The molecule has 0 aliphatic carbocycles. The third-order valence-corrected chi connectivity index (χ3v) is 3.97. The molecule has 1 unspecified atom stereocenters. The highest BCUT2D eigenvalue weighted by atomic mass is 32.2. The minimum Gasteiger partial charge on any atom is -0.252 e. The van der Waals surface area contributed by atoms with Crippen LogP contribution in [-0.2, 0) is 10.8 Å². The number of rotatable bonds is 3. The van der Waals surface area contributed by atoms with Crippen LogP contribution < -0.4 is 0 Å². The molecule has 2 nitrogen and oxygen atoms in total. The van der Waals surface area contributed by atoms with Gasteiger partial charge < -0.3 is 0 Å². The number of benzene rings is 1. The molecule has 0 aliphatic heterocycles. The van der Waals surface area contributed by atoms with Crippen LogP contribution in [0.2, 0.25) is 0 Å². The van der Waals surface area contributed by atoms with Crippen LogP contribution in [0.4, 0.5) is 0 Å². The lowest BCUT2D eigenvalue weighted by molar-refractivity contribution is 0.674. The third-order valence-electron chi connectivity index (χ3n) is 2.48. The summed E-state index contributed by atoms with van der Waals surface area (Å²) >= 11 is 0. The van der Waals surface area contributed by atoms with Crippen LogP contribution in [0.1, 0.15) is 13.8 Å². The summed E-state index contributed by atoms with van der Waals surface area (Å²) in [5, 5.41) is 0.745. The van der Waals surface area contributed by atoms with Gasteiger partial charge in [-0.25, -0.2) is 4.98 Å². The van der Waals surface area contributed by atoms with Crippen molar-refractivity contribution in [1.29, 1.82) is 0 Å². The second-order valence-corrected chi connectivity index (χ2v) is 6.05. The predicted molar refractivity (Wildman–Crippen MR) is 71.2 cm³/mol. The van der Waals surface area contributed by atoms with Crippen molar-refractivity contribution in [3.8, 4) is 11.1 Å². The van der Waals surface area contributed by atoms with Gasteiger partial charge in [0.25, 0.3) is 0 Å². The molecular weight excluding hydrogens is 230 g/mol. The van der Waals surface area contributed by atoms with Gasteiger partial charge in [-0.1, -0.05) is 44.2 Å². The Labute approximate surface area is 104 Å². The van der Waals surface area contributed by atoms with E-state index >= 15 is 0 Å². The molecule has 0 saturated carbocycles.